The summed E-state index contributed by atoms with van der Waals surface area (Å²) in [4.78, 5) is 0. The number of aryl methyl sites for hydroxylation is 4. The number of hydrogen-bond donors (Lipinski definition) is 0. The molecule has 0 aliphatic heterocycles. The predicted octanol–water partition coefficient (Wildman–Crippen LogP) is 18.6. The lowest BCUT2D eigenvalue weighted by Gasteiger charge is -2.19. The molecule has 0 saturated heterocycles. The van der Waals surface area contributed by atoms with Crippen molar-refractivity contribution in [3.8, 4) is 17.2 Å². The van der Waals surface area contributed by atoms with Gasteiger partial charge in [0.15, 0.2) is 0 Å². The van der Waals surface area contributed by atoms with Gasteiger partial charge in [0, 0.05) is 0 Å². The first-order valence-corrected chi connectivity index (χ1v) is 25.9. The van der Waals surface area contributed by atoms with Gasteiger partial charge in [-0.25, -0.2) is 0 Å². The summed E-state index contributed by atoms with van der Waals surface area (Å²) in [7, 11) is -1.72. The Balaban J connectivity index is 1.68. The Kier molecular flexibility index (Phi) is 29.4. The fourth-order valence-corrected chi connectivity index (χ4v) is 8.99. The highest BCUT2D eigenvalue weighted by atomic mass is 31.2. The molecule has 3 nitrogen and oxygen atoms in total. The summed E-state index contributed by atoms with van der Waals surface area (Å²) in [5.74, 6) is 2.44. The Bertz CT molecular complexity index is 1310. The van der Waals surface area contributed by atoms with E-state index in [1.54, 1.807) is 0 Å². The highest BCUT2D eigenvalue weighted by Gasteiger charge is 2.21. The molecule has 3 aromatic carbocycles. The first-order chi connectivity index (χ1) is 28.6. The highest BCUT2D eigenvalue weighted by Crippen LogP contribution is 2.43. The fourth-order valence-electron chi connectivity index (χ4n) is 8.00. The number of unbranched alkanes of at least 4 members (excludes halogenated alkanes) is 24. The van der Waals surface area contributed by atoms with E-state index in [0.717, 1.165) is 42.9 Å². The van der Waals surface area contributed by atoms with Crippen molar-refractivity contribution in [1.29, 1.82) is 0 Å². The van der Waals surface area contributed by atoms with Crippen LogP contribution < -0.4 is 13.6 Å². The van der Waals surface area contributed by atoms with Crippen LogP contribution in [0, 0.1) is 0 Å². The van der Waals surface area contributed by atoms with Gasteiger partial charge in [0.1, 0.15) is 17.2 Å². The SMILES string of the molecule is CCCCCCCCCc1ccc(OP(Oc2ccc(CCCCCCCCC)cc2)Oc2ccc(CCCCCCCCC)c(CCCCCCCCC)c2)cc1. The first-order valence-electron chi connectivity index (χ1n) is 24.8. The lowest BCUT2D eigenvalue weighted by Crippen LogP contribution is -2.04. The number of hydrogen-bond acceptors (Lipinski definition) is 3. The van der Waals surface area contributed by atoms with Crippen molar-refractivity contribution in [3.63, 3.8) is 0 Å². The normalized spacial score (nSPS) is 11.4. The summed E-state index contributed by atoms with van der Waals surface area (Å²) >= 11 is 0. The molecule has 58 heavy (non-hydrogen) atoms. The minimum absolute atomic E-state index is 0.795. The Morgan fingerprint density at radius 2 is 0.586 bits per heavy atom. The molecule has 0 radical (unpaired) electrons. The minimum atomic E-state index is -1.72. The van der Waals surface area contributed by atoms with Gasteiger partial charge in [-0.1, -0.05) is 212 Å². The number of benzene rings is 3. The molecular weight excluding hydrogens is 728 g/mol. The Hall–Kier alpha value is -2.51. The van der Waals surface area contributed by atoms with Crippen LogP contribution in [0.15, 0.2) is 66.7 Å². The smallest absolute Gasteiger partial charge is 0.409 e. The maximum atomic E-state index is 6.69. The third-order valence-electron chi connectivity index (χ3n) is 11.8. The third-order valence-corrected chi connectivity index (χ3v) is 12.9. The zero-order chi connectivity index (χ0) is 41.1. The van der Waals surface area contributed by atoms with Crippen molar-refractivity contribution in [1.82, 2.24) is 0 Å². The van der Waals surface area contributed by atoms with Gasteiger partial charge in [0.25, 0.3) is 0 Å². The van der Waals surface area contributed by atoms with Crippen molar-refractivity contribution in [2.45, 2.75) is 233 Å². The van der Waals surface area contributed by atoms with Crippen molar-refractivity contribution < 1.29 is 13.6 Å². The maximum Gasteiger partial charge on any atom is 0.530 e. The second kappa shape index (κ2) is 34.2. The standard InChI is InChI=1S/C54H87O3P/c1-5-9-13-17-21-25-29-33-48-37-42-52(43-38-48)55-58(56-53-44-39-49(40-45-53)34-30-26-22-18-14-10-6-2)57-54-46-41-50(35-31-27-23-19-15-11-7-3)51(47-54)36-32-28-24-20-16-12-8-4/h37-47H,5-36H2,1-4H3. The van der Waals surface area contributed by atoms with Crippen molar-refractivity contribution >= 4 is 8.60 Å². The first kappa shape index (κ1) is 49.8. The molecule has 0 N–H and O–H groups in total. The van der Waals surface area contributed by atoms with Gasteiger partial charge < -0.3 is 13.6 Å². The lowest BCUT2D eigenvalue weighted by molar-refractivity contribution is 0.387. The van der Waals surface area contributed by atoms with Crippen LogP contribution in [0.5, 0.6) is 17.2 Å². The summed E-state index contributed by atoms with van der Waals surface area (Å²) < 4.78 is 19.8. The summed E-state index contributed by atoms with van der Waals surface area (Å²) in [6, 6.07) is 24.1. The van der Waals surface area contributed by atoms with Gasteiger partial charge >= 0.3 is 8.60 Å². The molecule has 0 aromatic heterocycles. The predicted molar refractivity (Wildman–Crippen MR) is 255 cm³/mol. The fraction of sp³-hybridized carbons (Fsp3) is 0.667. The van der Waals surface area contributed by atoms with Gasteiger partial charge in [-0.05, 0) is 110 Å². The lowest BCUT2D eigenvalue weighted by atomic mass is 9.96. The van der Waals surface area contributed by atoms with E-state index in [0.29, 0.717) is 0 Å². The molecule has 0 aliphatic carbocycles. The van der Waals surface area contributed by atoms with Crippen LogP contribution in [0.1, 0.15) is 230 Å². The maximum absolute atomic E-state index is 6.69. The van der Waals surface area contributed by atoms with E-state index in [9.17, 15) is 0 Å². The van der Waals surface area contributed by atoms with Crippen LogP contribution in [0.2, 0.25) is 0 Å². The average Bonchev–Trinajstić information content (AvgIpc) is 3.24. The molecule has 0 heterocycles. The molecule has 0 atom stereocenters. The quantitative estimate of drug-likeness (QED) is 0.0426. The second-order valence-corrected chi connectivity index (χ2v) is 18.2. The minimum Gasteiger partial charge on any atom is -0.409 e. The number of rotatable bonds is 38. The topological polar surface area (TPSA) is 27.7 Å². The molecule has 0 bridgehead atoms. The van der Waals surface area contributed by atoms with Crippen LogP contribution in [-0.4, -0.2) is 0 Å². The molecule has 0 unspecified atom stereocenters. The van der Waals surface area contributed by atoms with E-state index in [-0.39, 0.29) is 0 Å². The van der Waals surface area contributed by atoms with Gasteiger partial charge in [-0.15, -0.1) is 0 Å². The average molecular weight is 815 g/mol. The van der Waals surface area contributed by atoms with Crippen LogP contribution in [0.25, 0.3) is 0 Å². The molecular formula is C54H87O3P. The molecule has 3 aromatic rings. The molecule has 0 spiro atoms. The van der Waals surface area contributed by atoms with Gasteiger partial charge in [-0.2, -0.15) is 0 Å². The largest absolute Gasteiger partial charge is 0.530 e. The van der Waals surface area contributed by atoms with E-state index in [1.807, 2.05) is 0 Å². The zero-order valence-corrected chi connectivity index (χ0v) is 39.0. The summed E-state index contributed by atoms with van der Waals surface area (Å²) in [5.41, 5.74) is 5.67. The summed E-state index contributed by atoms with van der Waals surface area (Å²) in [6.07, 6.45) is 41.8. The van der Waals surface area contributed by atoms with Crippen LogP contribution in [-0.2, 0) is 25.7 Å². The van der Waals surface area contributed by atoms with Crippen molar-refractivity contribution in [2.24, 2.45) is 0 Å². The zero-order valence-electron chi connectivity index (χ0n) is 38.2. The van der Waals surface area contributed by atoms with Gasteiger partial charge in [0.2, 0.25) is 0 Å². The third kappa shape index (κ3) is 23.9. The van der Waals surface area contributed by atoms with Crippen LogP contribution in [0.4, 0.5) is 0 Å². The van der Waals surface area contributed by atoms with E-state index >= 15 is 0 Å². The molecule has 0 aliphatic rings. The van der Waals surface area contributed by atoms with Gasteiger partial charge in [0.05, 0.1) is 0 Å². The molecule has 4 heteroatoms. The molecule has 0 saturated carbocycles. The van der Waals surface area contributed by atoms with E-state index < -0.39 is 8.60 Å². The highest BCUT2D eigenvalue weighted by molar-refractivity contribution is 7.43. The van der Waals surface area contributed by atoms with E-state index in [4.69, 9.17) is 13.6 Å². The Morgan fingerprint density at radius 3 is 0.966 bits per heavy atom. The second-order valence-electron chi connectivity index (χ2n) is 17.2. The Morgan fingerprint density at radius 1 is 0.293 bits per heavy atom. The molecule has 3 rings (SSSR count). The monoisotopic (exact) mass is 815 g/mol. The molecule has 0 fully saturated rings. The van der Waals surface area contributed by atoms with E-state index in [1.165, 1.54) is 202 Å². The van der Waals surface area contributed by atoms with Gasteiger partial charge in [-0.3, -0.25) is 0 Å². The van der Waals surface area contributed by atoms with Crippen LogP contribution >= 0.6 is 8.60 Å². The van der Waals surface area contributed by atoms with Crippen molar-refractivity contribution in [2.75, 3.05) is 0 Å². The molecule has 0 amide bonds. The molecule has 326 valence electrons. The van der Waals surface area contributed by atoms with Crippen molar-refractivity contribution in [3.05, 3.63) is 89.0 Å². The Labute approximate surface area is 360 Å². The van der Waals surface area contributed by atoms with E-state index in [2.05, 4.69) is 94.4 Å². The summed E-state index contributed by atoms with van der Waals surface area (Å²) in [6.45, 7) is 9.17. The van der Waals surface area contributed by atoms with Crippen LogP contribution in [0.3, 0.4) is 0 Å². The summed E-state index contributed by atoms with van der Waals surface area (Å²) in [5, 5.41) is 0.